The first-order valence-corrected chi connectivity index (χ1v) is 10.7. The molecule has 34 heavy (non-hydrogen) atoms. The number of hydrogen-bond donors (Lipinski definition) is 0. The van der Waals surface area contributed by atoms with Crippen LogP contribution < -0.4 is 14.2 Å². The quantitative estimate of drug-likeness (QED) is 0.484. The van der Waals surface area contributed by atoms with E-state index in [4.69, 9.17) is 23.9 Å². The van der Waals surface area contributed by atoms with E-state index in [1.54, 1.807) is 21.3 Å². The third kappa shape index (κ3) is 4.26. The summed E-state index contributed by atoms with van der Waals surface area (Å²) in [5.41, 5.74) is 4.45. The molecule has 0 fully saturated rings. The average Bonchev–Trinajstić information content (AvgIpc) is 3.26. The number of para-hydroxylation sites is 1. The van der Waals surface area contributed by atoms with Crippen molar-refractivity contribution in [2.24, 2.45) is 0 Å². The largest absolute Gasteiger partial charge is 0.493 e. The zero-order valence-corrected chi connectivity index (χ0v) is 19.5. The van der Waals surface area contributed by atoms with Crippen molar-refractivity contribution in [3.63, 3.8) is 0 Å². The van der Waals surface area contributed by atoms with Crippen molar-refractivity contribution in [1.82, 2.24) is 4.98 Å². The molecule has 0 N–H and O–H groups in total. The second kappa shape index (κ2) is 9.82. The van der Waals surface area contributed by atoms with Gasteiger partial charge in [0.05, 0.1) is 45.2 Å². The summed E-state index contributed by atoms with van der Waals surface area (Å²) in [5.74, 6) is 0.412. The molecule has 176 valence electrons. The number of carbonyl (C=O) groups excluding carboxylic acids is 2. The Morgan fingerprint density at radius 1 is 0.971 bits per heavy atom. The van der Waals surface area contributed by atoms with Gasteiger partial charge in [-0.05, 0) is 53.8 Å². The number of ether oxygens (including phenoxy) is 5. The van der Waals surface area contributed by atoms with Gasteiger partial charge in [0, 0.05) is 5.39 Å². The maximum Gasteiger partial charge on any atom is 0.344 e. The van der Waals surface area contributed by atoms with Crippen molar-refractivity contribution in [2.75, 3.05) is 35.0 Å². The highest BCUT2D eigenvalue weighted by Crippen LogP contribution is 2.41. The van der Waals surface area contributed by atoms with E-state index in [-0.39, 0.29) is 0 Å². The molecule has 0 radical (unpaired) electrons. The van der Waals surface area contributed by atoms with Crippen LogP contribution in [0.3, 0.4) is 0 Å². The summed E-state index contributed by atoms with van der Waals surface area (Å²) >= 11 is 0. The molecule has 8 heteroatoms. The summed E-state index contributed by atoms with van der Waals surface area (Å²) in [5, 5.41) is 0.685. The summed E-state index contributed by atoms with van der Waals surface area (Å²) in [6.45, 7) is -0.450. The fourth-order valence-corrected chi connectivity index (χ4v) is 4.15. The molecule has 0 unspecified atom stereocenters. The van der Waals surface area contributed by atoms with Crippen molar-refractivity contribution < 1.29 is 33.3 Å². The van der Waals surface area contributed by atoms with E-state index in [1.165, 1.54) is 7.11 Å². The van der Waals surface area contributed by atoms with E-state index in [9.17, 15) is 9.59 Å². The Hall–Kier alpha value is -4.07. The number of benzene rings is 2. The molecule has 1 heterocycles. The van der Waals surface area contributed by atoms with Gasteiger partial charge in [-0.15, -0.1) is 0 Å². The zero-order chi connectivity index (χ0) is 24.2. The number of fused-ring (bicyclic) bond motifs is 2. The lowest BCUT2D eigenvalue weighted by atomic mass is 10.0. The predicted octanol–water partition coefficient (Wildman–Crippen LogP) is 4.08. The molecule has 0 spiro atoms. The standard InChI is InChI=1S/C26H25NO7/c1-30-20-12-15(13-21(31-2)25(20)33-4)11-16-9-10-18-23(26(29)34-14-22(28)32-3)17-7-5-6-8-19(17)27-24(16)18/h5-8,11-13H,9-10,14H2,1-4H3/b16-11+. The van der Waals surface area contributed by atoms with Crippen molar-refractivity contribution in [2.45, 2.75) is 12.8 Å². The van der Waals surface area contributed by atoms with Gasteiger partial charge >= 0.3 is 11.9 Å². The molecule has 1 aliphatic carbocycles. The van der Waals surface area contributed by atoms with E-state index in [0.29, 0.717) is 46.6 Å². The normalized spacial score (nSPS) is 13.5. The van der Waals surface area contributed by atoms with Gasteiger partial charge in [0.25, 0.3) is 0 Å². The van der Waals surface area contributed by atoms with E-state index >= 15 is 0 Å². The van der Waals surface area contributed by atoms with Crippen LogP contribution in [-0.2, 0) is 20.7 Å². The Balaban J connectivity index is 1.81. The highest BCUT2D eigenvalue weighted by molar-refractivity contribution is 6.07. The number of carbonyl (C=O) groups is 2. The fraction of sp³-hybridized carbons (Fsp3) is 0.269. The third-order valence-electron chi connectivity index (χ3n) is 5.72. The van der Waals surface area contributed by atoms with Crippen LogP contribution in [0.4, 0.5) is 0 Å². The number of esters is 2. The highest BCUT2D eigenvalue weighted by atomic mass is 16.6. The van der Waals surface area contributed by atoms with Gasteiger partial charge in [-0.1, -0.05) is 18.2 Å². The number of allylic oxidation sites excluding steroid dienone is 1. The Labute approximate surface area is 197 Å². The van der Waals surface area contributed by atoms with Crippen molar-refractivity contribution in [3.8, 4) is 17.2 Å². The lowest BCUT2D eigenvalue weighted by Gasteiger charge is -2.14. The van der Waals surface area contributed by atoms with Gasteiger partial charge in [-0.2, -0.15) is 0 Å². The van der Waals surface area contributed by atoms with Gasteiger partial charge in [-0.25, -0.2) is 14.6 Å². The van der Waals surface area contributed by atoms with Crippen LogP contribution in [0.25, 0.3) is 22.6 Å². The summed E-state index contributed by atoms with van der Waals surface area (Å²) < 4.78 is 26.2. The van der Waals surface area contributed by atoms with E-state index in [1.807, 2.05) is 42.5 Å². The Bertz CT molecular complexity index is 1270. The smallest absolute Gasteiger partial charge is 0.344 e. The Morgan fingerprint density at radius 2 is 1.68 bits per heavy atom. The Morgan fingerprint density at radius 3 is 2.32 bits per heavy atom. The first kappa shape index (κ1) is 23.1. The van der Waals surface area contributed by atoms with Gasteiger partial charge in [0.15, 0.2) is 18.1 Å². The monoisotopic (exact) mass is 463 g/mol. The first-order valence-electron chi connectivity index (χ1n) is 10.7. The van der Waals surface area contributed by atoms with Crippen LogP contribution in [0.5, 0.6) is 17.2 Å². The lowest BCUT2D eigenvalue weighted by molar-refractivity contribution is -0.144. The predicted molar refractivity (Wildman–Crippen MR) is 126 cm³/mol. The fourth-order valence-electron chi connectivity index (χ4n) is 4.15. The first-order chi connectivity index (χ1) is 16.5. The van der Waals surface area contributed by atoms with Gasteiger partial charge in [0.1, 0.15) is 0 Å². The molecule has 0 saturated carbocycles. The van der Waals surface area contributed by atoms with Crippen LogP contribution in [0, 0.1) is 0 Å². The van der Waals surface area contributed by atoms with E-state index in [2.05, 4.69) is 4.74 Å². The maximum atomic E-state index is 13.0. The van der Waals surface area contributed by atoms with Crippen molar-refractivity contribution in [1.29, 1.82) is 0 Å². The molecule has 3 aromatic rings. The van der Waals surface area contributed by atoms with E-state index < -0.39 is 18.5 Å². The van der Waals surface area contributed by atoms with Crippen LogP contribution in [0.1, 0.15) is 33.6 Å². The second-order valence-electron chi connectivity index (χ2n) is 7.61. The Kier molecular flexibility index (Phi) is 6.67. The second-order valence-corrected chi connectivity index (χ2v) is 7.61. The molecule has 4 rings (SSSR count). The van der Waals surface area contributed by atoms with Crippen molar-refractivity contribution >= 4 is 34.5 Å². The average molecular weight is 463 g/mol. The minimum atomic E-state index is -0.619. The van der Waals surface area contributed by atoms with Crippen LogP contribution in [-0.4, -0.2) is 52.0 Å². The topological polar surface area (TPSA) is 93.2 Å². The molecule has 0 saturated heterocycles. The summed E-state index contributed by atoms with van der Waals surface area (Å²) in [6.07, 6.45) is 3.31. The summed E-state index contributed by atoms with van der Waals surface area (Å²) in [4.78, 5) is 29.4. The van der Waals surface area contributed by atoms with Crippen LogP contribution in [0.2, 0.25) is 0 Å². The molecular weight excluding hydrogens is 438 g/mol. The molecule has 8 nitrogen and oxygen atoms in total. The van der Waals surface area contributed by atoms with Gasteiger partial charge < -0.3 is 23.7 Å². The molecule has 0 atom stereocenters. The minimum absolute atomic E-state index is 0.429. The van der Waals surface area contributed by atoms with E-state index in [0.717, 1.165) is 22.4 Å². The highest BCUT2D eigenvalue weighted by Gasteiger charge is 2.28. The van der Waals surface area contributed by atoms with Crippen LogP contribution >= 0.6 is 0 Å². The van der Waals surface area contributed by atoms with Crippen molar-refractivity contribution in [3.05, 3.63) is 58.8 Å². The number of pyridine rings is 1. The SMILES string of the molecule is COC(=O)COC(=O)c1c2c(nc3ccccc13)/C(=C/c1cc(OC)c(OC)c(OC)c1)CC2. The van der Waals surface area contributed by atoms with Gasteiger partial charge in [-0.3, -0.25) is 0 Å². The summed E-state index contributed by atoms with van der Waals surface area (Å²) in [7, 11) is 5.94. The number of methoxy groups -OCH3 is 4. The maximum absolute atomic E-state index is 13.0. The molecule has 1 aromatic heterocycles. The number of aromatic nitrogens is 1. The third-order valence-corrected chi connectivity index (χ3v) is 5.72. The number of nitrogens with zero attached hydrogens (tertiary/aromatic N) is 1. The molecule has 0 aliphatic heterocycles. The lowest BCUT2D eigenvalue weighted by Crippen LogP contribution is -2.17. The molecule has 0 bridgehead atoms. The van der Waals surface area contributed by atoms with Gasteiger partial charge in [0.2, 0.25) is 5.75 Å². The molecular formula is C26H25NO7. The minimum Gasteiger partial charge on any atom is -0.493 e. The molecule has 1 aliphatic rings. The summed E-state index contributed by atoms with van der Waals surface area (Å²) in [6, 6.07) is 11.1. The molecule has 2 aromatic carbocycles. The molecule has 0 amide bonds. The number of hydrogen-bond acceptors (Lipinski definition) is 8. The number of rotatable bonds is 7. The van der Waals surface area contributed by atoms with Crippen LogP contribution in [0.15, 0.2) is 36.4 Å². The zero-order valence-electron chi connectivity index (χ0n) is 19.5.